The summed E-state index contributed by atoms with van der Waals surface area (Å²) < 4.78 is 5.86. The fourth-order valence-corrected chi connectivity index (χ4v) is 4.95. The second-order valence-electron chi connectivity index (χ2n) is 10.2. The van der Waals surface area contributed by atoms with Gasteiger partial charge in [-0.3, -0.25) is 19.2 Å². The number of carbonyl (C=O) groups is 4. The Morgan fingerprint density at radius 1 is 1.00 bits per heavy atom. The number of carbonyl (C=O) groups excluding carboxylic acids is 4. The van der Waals surface area contributed by atoms with E-state index in [2.05, 4.69) is 0 Å². The topological polar surface area (TPSA) is 90.5 Å². The highest BCUT2D eigenvalue weighted by Crippen LogP contribution is 2.21. The maximum absolute atomic E-state index is 13.3. The molecule has 0 radical (unpaired) electrons. The normalized spacial score (nSPS) is 19.6. The molecule has 0 bridgehead atoms. The van der Waals surface area contributed by atoms with Crippen molar-refractivity contribution in [2.24, 2.45) is 0 Å². The number of likely N-dealkylation sites (tertiary alicyclic amines) is 1. The average molecular weight is 515 g/mol. The van der Waals surface area contributed by atoms with Crippen molar-refractivity contribution < 1.29 is 23.9 Å². The predicted molar refractivity (Wildman–Crippen MR) is 141 cm³/mol. The first-order valence-corrected chi connectivity index (χ1v) is 13.5. The first kappa shape index (κ1) is 28.5. The molecule has 4 amide bonds. The summed E-state index contributed by atoms with van der Waals surface area (Å²) in [6.07, 6.45) is 6.37. The van der Waals surface area contributed by atoms with Crippen LogP contribution < -0.4 is 4.74 Å². The van der Waals surface area contributed by atoms with Crippen molar-refractivity contribution >= 4 is 23.6 Å². The van der Waals surface area contributed by atoms with E-state index in [1.165, 1.54) is 4.90 Å². The van der Waals surface area contributed by atoms with Gasteiger partial charge in [0.2, 0.25) is 17.7 Å². The van der Waals surface area contributed by atoms with Gasteiger partial charge in [0.1, 0.15) is 11.8 Å². The van der Waals surface area contributed by atoms with Gasteiger partial charge in [0.05, 0.1) is 0 Å². The molecule has 0 aliphatic carbocycles. The first-order valence-electron chi connectivity index (χ1n) is 13.5. The van der Waals surface area contributed by atoms with E-state index in [0.717, 1.165) is 50.0 Å². The lowest BCUT2D eigenvalue weighted by Crippen LogP contribution is -2.49. The van der Waals surface area contributed by atoms with Gasteiger partial charge in [0.15, 0.2) is 6.61 Å². The summed E-state index contributed by atoms with van der Waals surface area (Å²) in [5.41, 5.74) is 1.08. The Morgan fingerprint density at radius 3 is 2.54 bits per heavy atom. The molecular formula is C28H42N4O5. The number of ether oxygens (including phenoxy) is 1. The summed E-state index contributed by atoms with van der Waals surface area (Å²) in [4.78, 5) is 57.2. The average Bonchev–Trinajstić information content (AvgIpc) is 3.31. The number of para-hydroxylation sites is 1. The molecule has 2 aliphatic rings. The lowest BCUT2D eigenvalue weighted by Gasteiger charge is -2.31. The van der Waals surface area contributed by atoms with Crippen LogP contribution in [0.5, 0.6) is 5.75 Å². The standard InChI is InChI=1S/C28H42N4O5/c1-29(25(33)16-20-32-19-10-15-26(32)34)17-9-7-13-23-28(36)30(2)18-8-6-12-22-11-4-5-14-24(22)37-21-27(35)31(23)3/h4-5,11,14,23H,6-10,12-13,15-21H2,1-3H3/t23-/m0/s1. The number of unbranched alkanes of at least 4 members (excludes halogenated alkanes) is 1. The van der Waals surface area contributed by atoms with Gasteiger partial charge in [-0.1, -0.05) is 18.2 Å². The fraction of sp³-hybridized carbons (Fsp3) is 0.643. The van der Waals surface area contributed by atoms with Crippen molar-refractivity contribution in [3.63, 3.8) is 0 Å². The number of benzene rings is 1. The molecule has 0 saturated carbocycles. The predicted octanol–water partition coefficient (Wildman–Crippen LogP) is 2.33. The molecule has 9 heteroatoms. The summed E-state index contributed by atoms with van der Waals surface area (Å²) in [5.74, 6) is 0.576. The largest absolute Gasteiger partial charge is 0.483 e. The second-order valence-corrected chi connectivity index (χ2v) is 10.2. The van der Waals surface area contributed by atoms with Gasteiger partial charge in [0.25, 0.3) is 5.91 Å². The molecule has 1 fully saturated rings. The highest BCUT2D eigenvalue weighted by molar-refractivity contribution is 5.88. The minimum absolute atomic E-state index is 0.0160. The zero-order valence-electron chi connectivity index (χ0n) is 22.6. The van der Waals surface area contributed by atoms with Crippen molar-refractivity contribution in [2.75, 3.05) is 53.9 Å². The lowest BCUT2D eigenvalue weighted by atomic mass is 10.1. The van der Waals surface area contributed by atoms with Crippen LogP contribution in [0.15, 0.2) is 24.3 Å². The first-order chi connectivity index (χ1) is 17.8. The third kappa shape index (κ3) is 8.20. The van der Waals surface area contributed by atoms with Crippen LogP contribution in [-0.4, -0.2) is 103 Å². The molecule has 1 atom stereocenters. The third-order valence-electron chi connectivity index (χ3n) is 7.45. The van der Waals surface area contributed by atoms with E-state index < -0.39 is 6.04 Å². The monoisotopic (exact) mass is 514 g/mol. The van der Waals surface area contributed by atoms with Crippen LogP contribution in [0.1, 0.15) is 56.9 Å². The van der Waals surface area contributed by atoms with E-state index in [1.54, 1.807) is 35.8 Å². The van der Waals surface area contributed by atoms with Gasteiger partial charge in [-0.2, -0.15) is 0 Å². The van der Waals surface area contributed by atoms with Crippen molar-refractivity contribution in [2.45, 2.75) is 63.8 Å². The fourth-order valence-electron chi connectivity index (χ4n) is 4.95. The maximum Gasteiger partial charge on any atom is 0.260 e. The zero-order valence-corrected chi connectivity index (χ0v) is 22.6. The molecule has 3 rings (SSSR count). The quantitative estimate of drug-likeness (QED) is 0.497. The van der Waals surface area contributed by atoms with E-state index in [1.807, 2.05) is 24.3 Å². The molecule has 0 aromatic heterocycles. The highest BCUT2D eigenvalue weighted by Gasteiger charge is 2.29. The molecule has 204 valence electrons. The van der Waals surface area contributed by atoms with E-state index in [4.69, 9.17) is 4.74 Å². The molecular weight excluding hydrogens is 472 g/mol. The van der Waals surface area contributed by atoms with Crippen LogP contribution >= 0.6 is 0 Å². The van der Waals surface area contributed by atoms with Crippen molar-refractivity contribution in [1.82, 2.24) is 19.6 Å². The highest BCUT2D eigenvalue weighted by atomic mass is 16.5. The molecule has 37 heavy (non-hydrogen) atoms. The molecule has 0 N–H and O–H groups in total. The second kappa shape index (κ2) is 14.0. The van der Waals surface area contributed by atoms with E-state index >= 15 is 0 Å². The van der Waals surface area contributed by atoms with Gasteiger partial charge >= 0.3 is 0 Å². The molecule has 2 aliphatic heterocycles. The summed E-state index contributed by atoms with van der Waals surface area (Å²) in [6, 6.07) is 7.21. The SMILES string of the molecule is CN(CCCC[C@H]1C(=O)N(C)CCCCc2ccccc2OCC(=O)N1C)C(=O)CCN1CCCC1=O. The molecule has 0 unspecified atom stereocenters. The van der Waals surface area contributed by atoms with E-state index in [9.17, 15) is 19.2 Å². The summed E-state index contributed by atoms with van der Waals surface area (Å²) in [6.45, 7) is 2.31. The summed E-state index contributed by atoms with van der Waals surface area (Å²) in [7, 11) is 5.25. The van der Waals surface area contributed by atoms with Gasteiger partial charge in [0, 0.05) is 60.2 Å². The van der Waals surface area contributed by atoms with Crippen molar-refractivity contribution in [3.05, 3.63) is 29.8 Å². The smallest absolute Gasteiger partial charge is 0.260 e. The summed E-state index contributed by atoms with van der Waals surface area (Å²) >= 11 is 0. The molecule has 9 nitrogen and oxygen atoms in total. The van der Waals surface area contributed by atoms with E-state index in [-0.39, 0.29) is 30.2 Å². The van der Waals surface area contributed by atoms with Crippen LogP contribution in [0.2, 0.25) is 0 Å². The van der Waals surface area contributed by atoms with Gasteiger partial charge < -0.3 is 24.3 Å². The molecule has 1 saturated heterocycles. The Kier molecular flexibility index (Phi) is 10.8. The van der Waals surface area contributed by atoms with E-state index in [0.29, 0.717) is 45.3 Å². The molecule has 2 heterocycles. The van der Waals surface area contributed by atoms with Crippen LogP contribution in [0.4, 0.5) is 0 Å². The number of rotatable bonds is 8. The Labute approximate surface area is 220 Å². The number of fused-ring (bicyclic) bond motifs is 1. The van der Waals surface area contributed by atoms with Crippen molar-refractivity contribution in [1.29, 1.82) is 0 Å². The Morgan fingerprint density at radius 2 is 1.78 bits per heavy atom. The Bertz CT molecular complexity index is 952. The minimum atomic E-state index is -0.570. The Hall–Kier alpha value is -3.10. The van der Waals surface area contributed by atoms with Crippen LogP contribution in [-0.2, 0) is 25.6 Å². The molecule has 1 aromatic carbocycles. The van der Waals surface area contributed by atoms with Crippen LogP contribution in [0, 0.1) is 0 Å². The lowest BCUT2D eigenvalue weighted by molar-refractivity contribution is -0.145. The number of aryl methyl sites for hydroxylation is 1. The van der Waals surface area contributed by atoms with Crippen LogP contribution in [0.3, 0.4) is 0 Å². The number of hydrogen-bond donors (Lipinski definition) is 0. The number of amides is 4. The van der Waals surface area contributed by atoms with Gasteiger partial charge in [-0.15, -0.1) is 0 Å². The zero-order chi connectivity index (χ0) is 26.8. The van der Waals surface area contributed by atoms with Gasteiger partial charge in [-0.05, 0) is 56.6 Å². The number of hydrogen-bond acceptors (Lipinski definition) is 5. The number of likely N-dealkylation sites (N-methyl/N-ethyl adjacent to an activating group) is 2. The molecule has 1 aromatic rings. The maximum atomic E-state index is 13.3. The number of nitrogens with zero attached hydrogens (tertiary/aromatic N) is 4. The van der Waals surface area contributed by atoms with Gasteiger partial charge in [-0.25, -0.2) is 0 Å². The van der Waals surface area contributed by atoms with Crippen molar-refractivity contribution in [3.8, 4) is 5.75 Å². The molecule has 0 spiro atoms. The van der Waals surface area contributed by atoms with Crippen LogP contribution in [0.25, 0.3) is 0 Å². The third-order valence-corrected chi connectivity index (χ3v) is 7.45. The minimum Gasteiger partial charge on any atom is -0.483 e. The summed E-state index contributed by atoms with van der Waals surface area (Å²) in [5, 5.41) is 0. The Balaban J connectivity index is 1.52.